The Morgan fingerprint density at radius 3 is 2.21 bits per heavy atom. The lowest BCUT2D eigenvalue weighted by molar-refractivity contribution is -0.139. The SMILES string of the molecule is CCC1CCC(C2CC=C(c3cnc(-c4ccc(CN(CC(=O)O)C(=O)c5cnc(NC(=O)Cc6ccc(OC)cc6C(F)(F)F)cn5)cc4)nc3)CC2)CC1. The Labute approximate surface area is 323 Å². The van der Waals surface area contributed by atoms with Gasteiger partial charge in [0.15, 0.2) is 11.6 Å². The Morgan fingerprint density at radius 2 is 1.62 bits per heavy atom. The summed E-state index contributed by atoms with van der Waals surface area (Å²) in [6, 6.07) is 10.5. The smallest absolute Gasteiger partial charge is 0.416 e. The molecule has 2 aromatic heterocycles. The number of nitrogens with zero attached hydrogens (tertiary/aromatic N) is 5. The van der Waals surface area contributed by atoms with Gasteiger partial charge in [-0.15, -0.1) is 0 Å². The van der Waals surface area contributed by atoms with Gasteiger partial charge < -0.3 is 20.1 Å². The first-order valence-electron chi connectivity index (χ1n) is 18.9. The zero-order valence-electron chi connectivity index (χ0n) is 31.4. The number of carbonyl (C=O) groups is 3. The van der Waals surface area contributed by atoms with Crippen molar-refractivity contribution in [2.24, 2.45) is 17.8 Å². The average molecular weight is 771 g/mol. The van der Waals surface area contributed by atoms with Gasteiger partial charge >= 0.3 is 12.1 Å². The van der Waals surface area contributed by atoms with Crippen LogP contribution in [0.1, 0.15) is 91.0 Å². The first-order valence-corrected chi connectivity index (χ1v) is 18.9. The van der Waals surface area contributed by atoms with Crippen molar-refractivity contribution in [3.63, 3.8) is 0 Å². The molecule has 4 aromatic rings. The molecular weight excluding hydrogens is 725 g/mol. The number of carbonyl (C=O) groups excluding carboxylic acids is 2. The summed E-state index contributed by atoms with van der Waals surface area (Å²) < 4.78 is 45.6. The summed E-state index contributed by atoms with van der Waals surface area (Å²) in [4.78, 5) is 56.0. The highest BCUT2D eigenvalue weighted by molar-refractivity contribution is 5.95. The number of amides is 2. The molecule has 0 spiro atoms. The lowest BCUT2D eigenvalue weighted by atomic mass is 9.71. The van der Waals surface area contributed by atoms with Crippen molar-refractivity contribution in [3.05, 3.63) is 101 Å². The van der Waals surface area contributed by atoms with E-state index in [0.717, 1.165) is 71.1 Å². The van der Waals surface area contributed by atoms with Gasteiger partial charge in [-0.1, -0.05) is 62.6 Å². The Balaban J connectivity index is 1.04. The maximum atomic E-state index is 13.6. The van der Waals surface area contributed by atoms with Crippen molar-refractivity contribution in [1.82, 2.24) is 24.8 Å². The summed E-state index contributed by atoms with van der Waals surface area (Å²) in [6.45, 7) is 1.63. The van der Waals surface area contributed by atoms with Gasteiger partial charge in [-0.25, -0.2) is 19.9 Å². The summed E-state index contributed by atoms with van der Waals surface area (Å²) in [6.07, 6.45) is 13.0. The zero-order chi connectivity index (χ0) is 39.8. The van der Waals surface area contributed by atoms with E-state index in [1.807, 2.05) is 24.5 Å². The summed E-state index contributed by atoms with van der Waals surface area (Å²) in [5.74, 6) is 0.214. The molecular formula is C42H45F3N6O5. The fourth-order valence-electron chi connectivity index (χ4n) is 7.72. The highest BCUT2D eigenvalue weighted by atomic mass is 19.4. The van der Waals surface area contributed by atoms with Gasteiger partial charge in [0.05, 0.1) is 31.5 Å². The van der Waals surface area contributed by atoms with E-state index in [2.05, 4.69) is 38.3 Å². The summed E-state index contributed by atoms with van der Waals surface area (Å²) in [5, 5.41) is 11.9. The van der Waals surface area contributed by atoms with Gasteiger partial charge in [0.1, 0.15) is 18.0 Å². The molecule has 2 aliphatic rings. The fraction of sp³-hybridized carbons (Fsp3) is 0.405. The van der Waals surface area contributed by atoms with E-state index in [1.54, 1.807) is 12.1 Å². The van der Waals surface area contributed by atoms with Gasteiger partial charge in [0, 0.05) is 30.1 Å². The molecule has 2 N–H and O–H groups in total. The van der Waals surface area contributed by atoms with Gasteiger partial charge in [-0.05, 0) is 78.7 Å². The summed E-state index contributed by atoms with van der Waals surface area (Å²) in [5.41, 5.74) is 2.29. The van der Waals surface area contributed by atoms with Crippen LogP contribution in [-0.2, 0) is 28.7 Å². The average Bonchev–Trinajstić information content (AvgIpc) is 3.20. The van der Waals surface area contributed by atoms with Crippen molar-refractivity contribution >= 4 is 29.2 Å². The first-order chi connectivity index (χ1) is 26.9. The van der Waals surface area contributed by atoms with Crippen LogP contribution in [0, 0.1) is 17.8 Å². The molecule has 1 atom stereocenters. The quantitative estimate of drug-likeness (QED) is 0.137. The van der Waals surface area contributed by atoms with E-state index in [0.29, 0.717) is 11.4 Å². The third-order valence-electron chi connectivity index (χ3n) is 10.9. The second kappa shape index (κ2) is 17.9. The highest BCUT2D eigenvalue weighted by Crippen LogP contribution is 2.42. The molecule has 0 bridgehead atoms. The Morgan fingerprint density at radius 1 is 0.893 bits per heavy atom. The standard InChI is InChI=1S/C42H45F3N6O5/c1-3-26-4-8-28(9-5-26)29-12-14-30(15-13-29)33-20-48-40(49-21-33)31-10-6-27(7-11-31)24-51(25-39(53)54)41(55)36-22-47-37(23-46-36)50-38(52)18-32-16-17-34(56-2)19-35(32)42(43,44)45/h6-7,10-11,14,16-17,19-23,26,28-29H,3-5,8-9,12-13,15,18,24-25H2,1-2H3,(H,53,54)(H,47,50,52). The number of carboxylic acid groups (broad SMARTS) is 1. The van der Waals surface area contributed by atoms with E-state index in [-0.39, 0.29) is 29.4 Å². The van der Waals surface area contributed by atoms with Crippen LogP contribution in [0.4, 0.5) is 19.0 Å². The molecule has 0 aliphatic heterocycles. The molecule has 2 amide bonds. The number of aromatic nitrogens is 4. The minimum atomic E-state index is -4.71. The van der Waals surface area contributed by atoms with Crippen molar-refractivity contribution in [3.8, 4) is 17.1 Å². The Kier molecular flexibility index (Phi) is 12.8. The van der Waals surface area contributed by atoms with Crippen LogP contribution in [0.15, 0.2) is 73.3 Å². The molecule has 14 heteroatoms. The lowest BCUT2D eigenvalue weighted by Crippen LogP contribution is -2.35. The number of halogens is 3. The third kappa shape index (κ3) is 10.1. The van der Waals surface area contributed by atoms with Gasteiger partial charge in [0.2, 0.25) is 5.91 Å². The normalized spacial score (nSPS) is 18.4. The summed E-state index contributed by atoms with van der Waals surface area (Å²) >= 11 is 0. The van der Waals surface area contributed by atoms with Gasteiger partial charge in [-0.3, -0.25) is 14.4 Å². The predicted molar refractivity (Wildman–Crippen MR) is 203 cm³/mol. The number of methoxy groups -OCH3 is 1. The number of ether oxygens (including phenoxy) is 1. The van der Waals surface area contributed by atoms with Crippen LogP contribution in [0.5, 0.6) is 5.75 Å². The largest absolute Gasteiger partial charge is 0.497 e. The molecule has 294 valence electrons. The number of rotatable bonds is 13. The monoisotopic (exact) mass is 770 g/mol. The maximum Gasteiger partial charge on any atom is 0.416 e. The van der Waals surface area contributed by atoms with Crippen LogP contribution in [0.3, 0.4) is 0 Å². The molecule has 2 aliphatic carbocycles. The number of allylic oxidation sites excluding steroid dienone is 2. The minimum Gasteiger partial charge on any atom is -0.497 e. The number of hydrogen-bond acceptors (Lipinski definition) is 8. The second-order valence-corrected chi connectivity index (χ2v) is 14.5. The molecule has 1 unspecified atom stereocenters. The number of aliphatic carboxylic acids is 1. The number of anilines is 1. The molecule has 11 nitrogen and oxygen atoms in total. The third-order valence-corrected chi connectivity index (χ3v) is 10.9. The minimum absolute atomic E-state index is 0.00324. The first kappa shape index (κ1) is 40.0. The number of benzene rings is 2. The van der Waals surface area contributed by atoms with Crippen LogP contribution in [0.25, 0.3) is 17.0 Å². The molecule has 1 fully saturated rings. The number of hydrogen-bond donors (Lipinski definition) is 2. The van der Waals surface area contributed by atoms with E-state index in [4.69, 9.17) is 4.74 Å². The van der Waals surface area contributed by atoms with Crippen LogP contribution >= 0.6 is 0 Å². The van der Waals surface area contributed by atoms with Crippen molar-refractivity contribution in [2.45, 2.75) is 77.4 Å². The van der Waals surface area contributed by atoms with Crippen molar-refractivity contribution < 1.29 is 37.4 Å². The number of nitrogens with one attached hydrogen (secondary N) is 1. The molecule has 0 saturated heterocycles. The fourth-order valence-corrected chi connectivity index (χ4v) is 7.72. The van der Waals surface area contributed by atoms with Crippen LogP contribution < -0.4 is 10.1 Å². The molecule has 6 rings (SSSR count). The van der Waals surface area contributed by atoms with E-state index >= 15 is 0 Å². The molecule has 1 saturated carbocycles. The van der Waals surface area contributed by atoms with E-state index < -0.39 is 42.5 Å². The number of carboxylic acids is 1. The predicted octanol–water partition coefficient (Wildman–Crippen LogP) is 8.27. The van der Waals surface area contributed by atoms with Crippen molar-refractivity contribution in [2.75, 3.05) is 19.0 Å². The van der Waals surface area contributed by atoms with Crippen molar-refractivity contribution in [1.29, 1.82) is 0 Å². The maximum absolute atomic E-state index is 13.6. The Hall–Kier alpha value is -5.66. The molecule has 56 heavy (non-hydrogen) atoms. The topological polar surface area (TPSA) is 148 Å². The second-order valence-electron chi connectivity index (χ2n) is 14.5. The van der Waals surface area contributed by atoms with Gasteiger partial charge in [-0.2, -0.15) is 13.2 Å². The van der Waals surface area contributed by atoms with E-state index in [1.165, 1.54) is 57.3 Å². The van der Waals surface area contributed by atoms with Crippen LogP contribution in [-0.4, -0.2) is 61.4 Å². The number of alkyl halides is 3. The van der Waals surface area contributed by atoms with Gasteiger partial charge in [0.25, 0.3) is 5.91 Å². The molecule has 2 aromatic carbocycles. The zero-order valence-corrected chi connectivity index (χ0v) is 31.4. The highest BCUT2D eigenvalue weighted by Gasteiger charge is 2.34. The summed E-state index contributed by atoms with van der Waals surface area (Å²) in [7, 11) is 1.24. The lowest BCUT2D eigenvalue weighted by Gasteiger charge is -2.35. The van der Waals surface area contributed by atoms with Crippen LogP contribution in [0.2, 0.25) is 0 Å². The molecule has 2 heterocycles. The molecule has 0 radical (unpaired) electrons. The van der Waals surface area contributed by atoms with E-state index in [9.17, 15) is 32.7 Å². The Bertz CT molecular complexity index is 2030.